The first kappa shape index (κ1) is 42.1. The Balaban J connectivity index is 0.000000191. The van der Waals surface area contributed by atoms with Gasteiger partial charge in [-0.3, -0.25) is 0 Å². The van der Waals surface area contributed by atoms with Crippen LogP contribution in [0, 0.1) is 0 Å². The molecule has 8 aromatic carbocycles. The second kappa shape index (κ2) is 20.1. The minimum atomic E-state index is -1.13. The van der Waals surface area contributed by atoms with E-state index < -0.39 is 23.9 Å². The molecule has 274 valence electrons. The van der Waals surface area contributed by atoms with Crippen molar-refractivity contribution >= 4 is 67.0 Å². The molecule has 0 amide bonds. The molecule has 0 saturated carbocycles. The number of carbonyl (C=O) groups is 4. The largest absolute Gasteiger partial charge is 2.00 e. The van der Waals surface area contributed by atoms with Crippen molar-refractivity contribution in [1.29, 1.82) is 0 Å². The average Bonchev–Trinajstić information content (AvgIpc) is 3.17. The molecule has 10 heteroatoms. The van der Waals surface area contributed by atoms with Gasteiger partial charge in [0.1, 0.15) is 0 Å². The predicted octanol–water partition coefficient (Wildman–Crippen LogP) is 4.81. The maximum atomic E-state index is 10.7. The van der Waals surface area contributed by atoms with E-state index in [0.29, 0.717) is 0 Å². The number of carboxylic acids is 4. The zero-order chi connectivity index (χ0) is 37.0. The van der Waals surface area contributed by atoms with E-state index in [-0.39, 0.29) is 56.4 Å². The molecular formula is C44H28Cu2O8. The summed E-state index contributed by atoms with van der Waals surface area (Å²) in [6.45, 7) is 0. The van der Waals surface area contributed by atoms with Crippen LogP contribution >= 0.6 is 0 Å². The smallest absolute Gasteiger partial charge is 0.545 e. The molecule has 8 rings (SSSR count). The number of carboxylic acid groups (broad SMARTS) is 4. The molecule has 0 heterocycles. The van der Waals surface area contributed by atoms with Crippen molar-refractivity contribution < 1.29 is 73.7 Å². The minimum Gasteiger partial charge on any atom is -0.545 e. The summed E-state index contributed by atoms with van der Waals surface area (Å²) in [5.74, 6) is -4.51. The predicted molar refractivity (Wildman–Crippen MR) is 193 cm³/mol. The third-order valence-corrected chi connectivity index (χ3v) is 8.04. The Morgan fingerprint density at radius 1 is 0.259 bits per heavy atom. The van der Waals surface area contributed by atoms with Gasteiger partial charge < -0.3 is 39.6 Å². The van der Waals surface area contributed by atoms with Gasteiger partial charge in [0, 0.05) is 22.3 Å². The van der Waals surface area contributed by atoms with Crippen molar-refractivity contribution in [3.63, 3.8) is 0 Å². The molecule has 0 aliphatic carbocycles. The summed E-state index contributed by atoms with van der Waals surface area (Å²) in [6.07, 6.45) is 0. The van der Waals surface area contributed by atoms with Gasteiger partial charge in [-0.1, -0.05) is 170 Å². The number of aromatic carboxylic acids is 4. The first-order chi connectivity index (χ1) is 25.2. The van der Waals surface area contributed by atoms with Crippen molar-refractivity contribution in [3.8, 4) is 0 Å². The van der Waals surface area contributed by atoms with Crippen molar-refractivity contribution in [2.45, 2.75) is 0 Å². The normalized spacial score (nSPS) is 9.78. The topological polar surface area (TPSA) is 161 Å². The summed E-state index contributed by atoms with van der Waals surface area (Å²) in [5, 5.41) is 49.4. The number of fused-ring (bicyclic) bond motifs is 4. The van der Waals surface area contributed by atoms with E-state index in [2.05, 4.69) is 0 Å². The minimum absolute atomic E-state index is 0. The molecule has 0 atom stereocenters. The van der Waals surface area contributed by atoms with Crippen LogP contribution in [0.2, 0.25) is 0 Å². The van der Waals surface area contributed by atoms with E-state index in [1.165, 1.54) is 0 Å². The molecule has 2 radical (unpaired) electrons. The molecule has 0 aromatic heterocycles. The van der Waals surface area contributed by atoms with Crippen LogP contribution in [0.1, 0.15) is 41.4 Å². The quantitative estimate of drug-likeness (QED) is 0.229. The average molecular weight is 812 g/mol. The van der Waals surface area contributed by atoms with Crippen molar-refractivity contribution in [1.82, 2.24) is 0 Å². The molecule has 0 bridgehead atoms. The number of rotatable bonds is 4. The Kier molecular flexibility index (Phi) is 15.7. The Labute approximate surface area is 331 Å². The van der Waals surface area contributed by atoms with Gasteiger partial charge in [0.15, 0.2) is 0 Å². The van der Waals surface area contributed by atoms with E-state index >= 15 is 0 Å². The Bertz CT molecular complexity index is 2190. The van der Waals surface area contributed by atoms with Crippen LogP contribution in [0.15, 0.2) is 170 Å². The third-order valence-electron chi connectivity index (χ3n) is 8.04. The van der Waals surface area contributed by atoms with Crippen LogP contribution in [0.3, 0.4) is 0 Å². The van der Waals surface area contributed by atoms with E-state index in [1.54, 1.807) is 72.8 Å². The Morgan fingerprint density at radius 3 is 0.611 bits per heavy atom. The molecule has 0 fully saturated rings. The van der Waals surface area contributed by atoms with Crippen LogP contribution in [-0.2, 0) is 34.1 Å². The van der Waals surface area contributed by atoms with E-state index in [1.807, 2.05) is 97.1 Å². The van der Waals surface area contributed by atoms with Gasteiger partial charge in [0.2, 0.25) is 0 Å². The maximum Gasteiger partial charge on any atom is 2.00 e. The number of hydrogen-bond donors (Lipinski definition) is 0. The Hall–Kier alpha value is -6.28. The van der Waals surface area contributed by atoms with Gasteiger partial charge in [-0.15, -0.1) is 0 Å². The summed E-state index contributed by atoms with van der Waals surface area (Å²) in [7, 11) is 0. The molecule has 0 spiro atoms. The zero-order valence-electron chi connectivity index (χ0n) is 28.0. The van der Waals surface area contributed by atoms with Gasteiger partial charge in [-0.05, 0) is 43.1 Å². The summed E-state index contributed by atoms with van der Waals surface area (Å²) < 4.78 is 0. The van der Waals surface area contributed by atoms with E-state index in [4.69, 9.17) is 0 Å². The van der Waals surface area contributed by atoms with Crippen molar-refractivity contribution in [2.75, 3.05) is 0 Å². The zero-order valence-corrected chi connectivity index (χ0v) is 29.9. The molecule has 0 aliphatic heterocycles. The summed E-state index contributed by atoms with van der Waals surface area (Å²) in [5.41, 5.74) is 0.993. The maximum absolute atomic E-state index is 10.7. The van der Waals surface area contributed by atoms with Crippen molar-refractivity contribution in [2.24, 2.45) is 0 Å². The Morgan fingerprint density at radius 2 is 0.426 bits per heavy atom. The standard InChI is InChI=1S/4C11H8O2.2Cu/c4*12-11(13)10-7-3-5-8-4-1-2-6-9(8)10;;/h4*1-7H,(H,12,13);;/q;;;;2*+2/p-4. The first-order valence-electron chi connectivity index (χ1n) is 15.9. The molecule has 8 aromatic rings. The molecule has 0 unspecified atom stereocenters. The molecule has 0 N–H and O–H groups in total. The van der Waals surface area contributed by atoms with Crippen LogP contribution in [-0.4, -0.2) is 23.9 Å². The van der Waals surface area contributed by atoms with Crippen molar-refractivity contribution in [3.05, 3.63) is 192 Å². The van der Waals surface area contributed by atoms with Crippen LogP contribution in [0.4, 0.5) is 0 Å². The fourth-order valence-corrected chi connectivity index (χ4v) is 5.61. The number of hydrogen-bond acceptors (Lipinski definition) is 8. The summed E-state index contributed by atoms with van der Waals surface area (Å²) >= 11 is 0. The van der Waals surface area contributed by atoms with Gasteiger partial charge in [0.05, 0.1) is 23.9 Å². The molecule has 0 aliphatic rings. The molecule has 0 saturated heterocycles. The van der Waals surface area contributed by atoms with Gasteiger partial charge in [-0.25, -0.2) is 0 Å². The monoisotopic (exact) mass is 810 g/mol. The van der Waals surface area contributed by atoms with Gasteiger partial charge in [-0.2, -0.15) is 0 Å². The SMILES string of the molecule is O=C([O-])c1cccc2ccccc12.O=C([O-])c1cccc2ccccc12.O=C([O-])c1cccc2ccccc12.O=C([O-])c1cccc2ccccc12.[Cu+2].[Cu+2]. The second-order valence-corrected chi connectivity index (χ2v) is 11.3. The number of carbonyl (C=O) groups excluding carboxylic acids is 4. The second-order valence-electron chi connectivity index (χ2n) is 11.3. The van der Waals surface area contributed by atoms with Gasteiger partial charge in [0.25, 0.3) is 0 Å². The van der Waals surface area contributed by atoms with Crippen LogP contribution < -0.4 is 20.4 Å². The fourth-order valence-electron chi connectivity index (χ4n) is 5.61. The summed E-state index contributed by atoms with van der Waals surface area (Å²) in [4.78, 5) is 42.8. The number of benzene rings is 8. The van der Waals surface area contributed by atoms with Crippen LogP contribution in [0.5, 0.6) is 0 Å². The van der Waals surface area contributed by atoms with Gasteiger partial charge >= 0.3 is 34.1 Å². The van der Waals surface area contributed by atoms with E-state index in [0.717, 1.165) is 43.1 Å². The van der Waals surface area contributed by atoms with Crippen LogP contribution in [0.25, 0.3) is 43.1 Å². The van der Waals surface area contributed by atoms with E-state index in [9.17, 15) is 39.6 Å². The third kappa shape index (κ3) is 10.4. The summed E-state index contributed by atoms with van der Waals surface area (Å²) in [6, 6.07) is 50.0. The first-order valence-corrected chi connectivity index (χ1v) is 15.9. The fraction of sp³-hybridized carbons (Fsp3) is 0. The molecular weight excluding hydrogens is 784 g/mol. The molecule has 54 heavy (non-hydrogen) atoms. The molecule has 8 nitrogen and oxygen atoms in total.